The molecule has 0 radical (unpaired) electrons. The number of morpholine rings is 1. The highest BCUT2D eigenvalue weighted by atomic mass is 31.1. The Kier molecular flexibility index (Phi) is 6.16. The fourth-order valence-corrected chi connectivity index (χ4v) is 2.96. The van der Waals surface area contributed by atoms with Gasteiger partial charge in [0.15, 0.2) is 0 Å². The lowest BCUT2D eigenvalue weighted by Gasteiger charge is -2.42. The molecule has 1 rings (SSSR count). The molecule has 0 saturated carbocycles. The van der Waals surface area contributed by atoms with E-state index in [2.05, 4.69) is 37.3 Å². The highest BCUT2D eigenvalue weighted by Crippen LogP contribution is 2.24. The predicted octanol–water partition coefficient (Wildman–Crippen LogP) is 1.92. The van der Waals surface area contributed by atoms with Gasteiger partial charge in [-0.2, -0.15) is 0 Å². The summed E-state index contributed by atoms with van der Waals surface area (Å²) in [5.74, 6) is 0. The molecule has 0 amide bonds. The molecule has 16 heavy (non-hydrogen) atoms. The molecule has 1 aliphatic heterocycles. The fourth-order valence-electron chi connectivity index (χ4n) is 2.29. The Balaban J connectivity index is 2.56. The standard InChI is InChI=1S/C11H25N2O2P/c1-9(2)13(10(3)4)11-8-12(16-14-5)6-7-15-11/h9-11,16H,6-8H2,1-5H3. The van der Waals surface area contributed by atoms with E-state index in [1.54, 1.807) is 7.11 Å². The van der Waals surface area contributed by atoms with E-state index in [0.717, 1.165) is 19.7 Å². The molecule has 5 heteroatoms. The molecule has 4 nitrogen and oxygen atoms in total. The summed E-state index contributed by atoms with van der Waals surface area (Å²) in [6.07, 6.45) is 0.205. The van der Waals surface area contributed by atoms with Crippen molar-refractivity contribution in [1.29, 1.82) is 0 Å². The van der Waals surface area contributed by atoms with Gasteiger partial charge in [-0.05, 0) is 27.7 Å². The Morgan fingerprint density at radius 3 is 2.44 bits per heavy atom. The molecule has 0 spiro atoms. The maximum atomic E-state index is 5.87. The maximum absolute atomic E-state index is 5.87. The molecule has 2 atom stereocenters. The summed E-state index contributed by atoms with van der Waals surface area (Å²) >= 11 is 0. The van der Waals surface area contributed by atoms with Gasteiger partial charge in [-0.25, -0.2) is 0 Å². The molecule has 1 aliphatic rings. The Morgan fingerprint density at radius 2 is 1.94 bits per heavy atom. The molecule has 0 bridgehead atoms. The second kappa shape index (κ2) is 6.87. The molecule has 0 aliphatic carbocycles. The topological polar surface area (TPSA) is 24.9 Å². The molecule has 1 fully saturated rings. The number of nitrogens with zero attached hydrogens (tertiary/aromatic N) is 2. The summed E-state index contributed by atoms with van der Waals surface area (Å²) in [5.41, 5.74) is 0. The summed E-state index contributed by atoms with van der Waals surface area (Å²) in [7, 11) is 2.21. The van der Waals surface area contributed by atoms with Gasteiger partial charge in [-0.15, -0.1) is 0 Å². The Hall–Kier alpha value is 0.270. The van der Waals surface area contributed by atoms with Crippen LogP contribution < -0.4 is 0 Å². The van der Waals surface area contributed by atoms with Crippen LogP contribution in [0, 0.1) is 0 Å². The van der Waals surface area contributed by atoms with E-state index in [4.69, 9.17) is 9.26 Å². The SMILES string of the molecule is COPN1CCOC(N(C(C)C)C(C)C)C1. The van der Waals surface area contributed by atoms with Gasteiger partial charge in [0.2, 0.25) is 0 Å². The lowest BCUT2D eigenvalue weighted by molar-refractivity contribution is -0.118. The van der Waals surface area contributed by atoms with E-state index < -0.39 is 0 Å². The third-order valence-electron chi connectivity index (χ3n) is 2.79. The second-order valence-corrected chi connectivity index (χ2v) is 5.92. The fraction of sp³-hybridized carbons (Fsp3) is 1.00. The lowest BCUT2D eigenvalue weighted by Crippen LogP contribution is -2.53. The number of rotatable bonds is 5. The largest absolute Gasteiger partial charge is 0.360 e. The van der Waals surface area contributed by atoms with E-state index in [9.17, 15) is 0 Å². The average molecular weight is 248 g/mol. The molecular formula is C11H25N2O2P. The minimum absolute atomic E-state index is 0.205. The predicted molar refractivity (Wildman–Crippen MR) is 68.7 cm³/mol. The van der Waals surface area contributed by atoms with Gasteiger partial charge in [0, 0.05) is 32.3 Å². The van der Waals surface area contributed by atoms with E-state index in [0.29, 0.717) is 21.0 Å². The van der Waals surface area contributed by atoms with Crippen LogP contribution in [0.25, 0.3) is 0 Å². The van der Waals surface area contributed by atoms with E-state index in [-0.39, 0.29) is 6.23 Å². The molecule has 0 aromatic rings. The van der Waals surface area contributed by atoms with Crippen LogP contribution in [0.15, 0.2) is 0 Å². The molecule has 2 unspecified atom stereocenters. The molecule has 1 saturated heterocycles. The van der Waals surface area contributed by atoms with Crippen molar-refractivity contribution in [2.45, 2.75) is 46.0 Å². The van der Waals surface area contributed by atoms with Crippen LogP contribution in [0.2, 0.25) is 0 Å². The zero-order valence-electron chi connectivity index (χ0n) is 11.1. The van der Waals surface area contributed by atoms with Crippen LogP contribution >= 0.6 is 8.96 Å². The number of ether oxygens (including phenoxy) is 1. The first-order chi connectivity index (χ1) is 7.56. The van der Waals surface area contributed by atoms with Crippen molar-refractivity contribution in [2.75, 3.05) is 26.8 Å². The highest BCUT2D eigenvalue weighted by Gasteiger charge is 2.29. The zero-order valence-corrected chi connectivity index (χ0v) is 12.1. The van der Waals surface area contributed by atoms with Crippen LogP contribution in [0.5, 0.6) is 0 Å². The van der Waals surface area contributed by atoms with Crippen LogP contribution in [0.3, 0.4) is 0 Å². The Labute approximate surface area is 101 Å². The maximum Gasteiger partial charge on any atom is 0.124 e. The monoisotopic (exact) mass is 248 g/mol. The van der Waals surface area contributed by atoms with Crippen molar-refractivity contribution >= 4 is 8.96 Å². The molecule has 0 N–H and O–H groups in total. The van der Waals surface area contributed by atoms with Gasteiger partial charge in [-0.3, -0.25) is 9.57 Å². The Bertz CT molecular complexity index is 192. The quantitative estimate of drug-likeness (QED) is 0.694. The summed E-state index contributed by atoms with van der Waals surface area (Å²) in [4.78, 5) is 2.42. The van der Waals surface area contributed by atoms with Crippen molar-refractivity contribution in [3.8, 4) is 0 Å². The van der Waals surface area contributed by atoms with Crippen molar-refractivity contribution in [3.63, 3.8) is 0 Å². The van der Waals surface area contributed by atoms with Crippen LogP contribution in [0.1, 0.15) is 27.7 Å². The van der Waals surface area contributed by atoms with Gasteiger partial charge >= 0.3 is 0 Å². The van der Waals surface area contributed by atoms with E-state index in [1.165, 1.54) is 0 Å². The molecule has 1 heterocycles. The van der Waals surface area contributed by atoms with Gasteiger partial charge in [-0.1, -0.05) is 0 Å². The zero-order chi connectivity index (χ0) is 12.1. The van der Waals surface area contributed by atoms with Gasteiger partial charge in [0.05, 0.1) is 15.6 Å². The first-order valence-electron chi connectivity index (χ1n) is 5.99. The summed E-state index contributed by atoms with van der Waals surface area (Å²) < 4.78 is 13.4. The second-order valence-electron chi connectivity index (χ2n) is 4.70. The molecule has 0 aromatic carbocycles. The van der Waals surface area contributed by atoms with Crippen molar-refractivity contribution in [3.05, 3.63) is 0 Å². The third kappa shape index (κ3) is 3.94. The molecule has 0 aromatic heterocycles. The van der Waals surface area contributed by atoms with Crippen LogP contribution in [0.4, 0.5) is 0 Å². The van der Waals surface area contributed by atoms with Crippen molar-refractivity contribution < 1.29 is 9.26 Å². The minimum Gasteiger partial charge on any atom is -0.360 e. The number of hydrogen-bond donors (Lipinski definition) is 0. The van der Waals surface area contributed by atoms with Crippen molar-refractivity contribution in [2.24, 2.45) is 0 Å². The van der Waals surface area contributed by atoms with Crippen LogP contribution in [-0.4, -0.2) is 54.7 Å². The summed E-state index contributed by atoms with van der Waals surface area (Å²) in [6, 6.07) is 1.02. The van der Waals surface area contributed by atoms with Gasteiger partial charge in [0.1, 0.15) is 6.23 Å². The Morgan fingerprint density at radius 1 is 1.31 bits per heavy atom. The smallest absolute Gasteiger partial charge is 0.124 e. The minimum atomic E-state index is 0.205. The first kappa shape index (κ1) is 14.3. The van der Waals surface area contributed by atoms with Crippen molar-refractivity contribution in [1.82, 2.24) is 9.57 Å². The van der Waals surface area contributed by atoms with E-state index >= 15 is 0 Å². The first-order valence-corrected chi connectivity index (χ1v) is 6.84. The molecular weight excluding hydrogens is 223 g/mol. The van der Waals surface area contributed by atoms with Gasteiger partial charge < -0.3 is 9.26 Å². The summed E-state index contributed by atoms with van der Waals surface area (Å²) in [6.45, 7) is 11.6. The van der Waals surface area contributed by atoms with Gasteiger partial charge in [0.25, 0.3) is 0 Å². The van der Waals surface area contributed by atoms with E-state index in [1.807, 2.05) is 0 Å². The molecule has 96 valence electrons. The third-order valence-corrected chi connectivity index (χ3v) is 3.64. The van der Waals surface area contributed by atoms with Crippen LogP contribution in [-0.2, 0) is 9.26 Å². The average Bonchev–Trinajstić information content (AvgIpc) is 2.17. The number of hydrogen-bond acceptors (Lipinski definition) is 4. The normalized spacial score (nSPS) is 24.4. The lowest BCUT2D eigenvalue weighted by atomic mass is 10.2. The summed E-state index contributed by atoms with van der Waals surface area (Å²) in [5, 5.41) is 0. The highest BCUT2D eigenvalue weighted by molar-refractivity contribution is 7.29.